The van der Waals surface area contributed by atoms with Gasteiger partial charge in [-0.15, -0.1) is 22.7 Å². The molecule has 154 valence electrons. The highest BCUT2D eigenvalue weighted by Gasteiger charge is 2.19. The minimum absolute atomic E-state index is 1.26. The van der Waals surface area contributed by atoms with E-state index in [1.165, 1.54) is 67.8 Å². The van der Waals surface area contributed by atoms with Gasteiger partial charge >= 0.3 is 0 Å². The van der Waals surface area contributed by atoms with E-state index in [1.807, 2.05) is 22.7 Å². The molecule has 1 nitrogen and oxygen atoms in total. The van der Waals surface area contributed by atoms with Gasteiger partial charge in [-0.1, -0.05) is 66.7 Å². The van der Waals surface area contributed by atoms with Crippen molar-refractivity contribution in [3.8, 4) is 5.69 Å². The standard InChI is InChI=1S/C30H17NS2/c1-4-12-22-20(9-1)28-23(16-17-27-29(28)21-10-3-6-15-26(21)32-27)31(22)24-13-7-11-19-18-8-2-5-14-25(18)33-30(19)24/h1-17H. The number of nitrogens with zero attached hydrogens (tertiary/aromatic N) is 1. The maximum atomic E-state index is 2.48. The van der Waals surface area contributed by atoms with Crippen LogP contribution in [0.5, 0.6) is 0 Å². The first-order chi connectivity index (χ1) is 16.4. The monoisotopic (exact) mass is 455 g/mol. The number of hydrogen-bond donors (Lipinski definition) is 0. The molecule has 3 aromatic heterocycles. The van der Waals surface area contributed by atoms with Crippen molar-refractivity contribution in [2.75, 3.05) is 0 Å². The van der Waals surface area contributed by atoms with Crippen molar-refractivity contribution in [1.29, 1.82) is 0 Å². The fraction of sp³-hybridized carbons (Fsp3) is 0. The van der Waals surface area contributed by atoms with Crippen molar-refractivity contribution >= 4 is 84.8 Å². The molecular weight excluding hydrogens is 438 g/mol. The number of thiophene rings is 2. The Morgan fingerprint density at radius 2 is 1.12 bits per heavy atom. The molecule has 5 aromatic carbocycles. The highest BCUT2D eigenvalue weighted by molar-refractivity contribution is 7.26. The van der Waals surface area contributed by atoms with Gasteiger partial charge in [0, 0.05) is 46.4 Å². The number of fused-ring (bicyclic) bond motifs is 10. The van der Waals surface area contributed by atoms with E-state index in [9.17, 15) is 0 Å². The fourth-order valence-corrected chi connectivity index (χ4v) is 7.76. The Bertz CT molecular complexity index is 2030. The van der Waals surface area contributed by atoms with Crippen molar-refractivity contribution in [3.05, 3.63) is 103 Å². The molecular formula is C30H17NS2. The summed E-state index contributed by atoms with van der Waals surface area (Å²) in [6.45, 7) is 0. The molecule has 0 aliphatic carbocycles. The van der Waals surface area contributed by atoms with Crippen LogP contribution in [0.15, 0.2) is 103 Å². The minimum Gasteiger partial charge on any atom is -0.308 e. The van der Waals surface area contributed by atoms with Gasteiger partial charge in [0.1, 0.15) is 0 Å². The van der Waals surface area contributed by atoms with E-state index < -0.39 is 0 Å². The van der Waals surface area contributed by atoms with Crippen LogP contribution in [-0.4, -0.2) is 4.57 Å². The molecule has 3 heteroatoms. The summed E-state index contributed by atoms with van der Waals surface area (Å²) in [7, 11) is 0. The lowest BCUT2D eigenvalue weighted by molar-refractivity contribution is 1.20. The second-order valence-corrected chi connectivity index (χ2v) is 10.7. The largest absolute Gasteiger partial charge is 0.308 e. The van der Waals surface area contributed by atoms with E-state index >= 15 is 0 Å². The summed E-state index contributed by atoms with van der Waals surface area (Å²) >= 11 is 3.78. The van der Waals surface area contributed by atoms with Crippen LogP contribution in [0.1, 0.15) is 0 Å². The van der Waals surface area contributed by atoms with E-state index in [4.69, 9.17) is 0 Å². The van der Waals surface area contributed by atoms with E-state index in [-0.39, 0.29) is 0 Å². The van der Waals surface area contributed by atoms with Gasteiger partial charge in [-0.3, -0.25) is 0 Å². The Kier molecular flexibility index (Phi) is 3.48. The summed E-state index contributed by atoms with van der Waals surface area (Å²) in [6.07, 6.45) is 0. The zero-order valence-corrected chi connectivity index (χ0v) is 19.2. The van der Waals surface area contributed by atoms with Gasteiger partial charge in [0.2, 0.25) is 0 Å². The van der Waals surface area contributed by atoms with Crippen molar-refractivity contribution in [3.63, 3.8) is 0 Å². The predicted molar refractivity (Wildman–Crippen MR) is 147 cm³/mol. The van der Waals surface area contributed by atoms with Crippen LogP contribution in [0, 0.1) is 0 Å². The molecule has 0 atom stereocenters. The average Bonchev–Trinajstić information content (AvgIpc) is 3.53. The molecule has 0 aliphatic heterocycles. The third-order valence-corrected chi connectivity index (χ3v) is 9.15. The van der Waals surface area contributed by atoms with E-state index in [1.54, 1.807) is 0 Å². The Labute approximate surface area is 197 Å². The molecule has 3 heterocycles. The zero-order chi connectivity index (χ0) is 21.5. The Hall–Kier alpha value is -3.66. The summed E-state index contributed by atoms with van der Waals surface area (Å²) < 4.78 is 7.87. The van der Waals surface area contributed by atoms with Crippen molar-refractivity contribution < 1.29 is 0 Å². The SMILES string of the molecule is c1ccc2c(c1)sc1c(-n3c4ccccc4c4c5c(ccc43)sc3ccccc35)cccc12. The first-order valence-corrected chi connectivity index (χ1v) is 12.8. The highest BCUT2D eigenvalue weighted by atomic mass is 32.1. The second-order valence-electron chi connectivity index (χ2n) is 8.54. The number of aromatic nitrogens is 1. The lowest BCUT2D eigenvalue weighted by Crippen LogP contribution is -1.93. The summed E-state index contributed by atoms with van der Waals surface area (Å²) in [4.78, 5) is 0. The molecule has 0 bridgehead atoms. The van der Waals surface area contributed by atoms with Crippen LogP contribution in [0.25, 0.3) is 67.8 Å². The molecule has 8 rings (SSSR count). The number of para-hydroxylation sites is 1. The molecule has 0 radical (unpaired) electrons. The second kappa shape index (κ2) is 6.44. The molecule has 0 saturated carbocycles. The van der Waals surface area contributed by atoms with Gasteiger partial charge in [0.15, 0.2) is 0 Å². The zero-order valence-electron chi connectivity index (χ0n) is 17.6. The lowest BCUT2D eigenvalue weighted by Gasteiger charge is -2.09. The molecule has 0 unspecified atom stereocenters. The molecule has 8 aromatic rings. The Morgan fingerprint density at radius 1 is 0.424 bits per heavy atom. The highest BCUT2D eigenvalue weighted by Crippen LogP contribution is 2.45. The van der Waals surface area contributed by atoms with Crippen molar-refractivity contribution in [2.45, 2.75) is 0 Å². The van der Waals surface area contributed by atoms with Gasteiger partial charge < -0.3 is 4.57 Å². The maximum absolute atomic E-state index is 2.48. The van der Waals surface area contributed by atoms with E-state index in [0.29, 0.717) is 0 Å². The topological polar surface area (TPSA) is 4.93 Å². The number of hydrogen-bond acceptors (Lipinski definition) is 2. The quantitative estimate of drug-likeness (QED) is 0.232. The first kappa shape index (κ1) is 17.8. The third kappa shape index (κ3) is 2.31. The third-order valence-electron chi connectivity index (χ3n) is 6.80. The van der Waals surface area contributed by atoms with Gasteiger partial charge in [0.05, 0.1) is 21.4 Å². The maximum Gasteiger partial charge on any atom is 0.0640 e. The molecule has 0 aliphatic rings. The summed E-state index contributed by atoms with van der Waals surface area (Å²) in [5.74, 6) is 0. The molecule has 0 spiro atoms. The van der Waals surface area contributed by atoms with Gasteiger partial charge in [-0.2, -0.15) is 0 Å². The van der Waals surface area contributed by atoms with Crippen LogP contribution in [0.2, 0.25) is 0 Å². The van der Waals surface area contributed by atoms with Crippen LogP contribution in [0.3, 0.4) is 0 Å². The van der Waals surface area contributed by atoms with E-state index in [2.05, 4.69) is 108 Å². The van der Waals surface area contributed by atoms with E-state index in [0.717, 1.165) is 0 Å². The van der Waals surface area contributed by atoms with Crippen LogP contribution in [-0.2, 0) is 0 Å². The molecule has 33 heavy (non-hydrogen) atoms. The Balaban J connectivity index is 1.61. The summed E-state index contributed by atoms with van der Waals surface area (Å²) in [5.41, 5.74) is 3.80. The predicted octanol–water partition coefficient (Wildman–Crippen LogP) is 9.52. The average molecular weight is 456 g/mol. The molecule has 0 amide bonds. The van der Waals surface area contributed by atoms with Gasteiger partial charge in [-0.05, 0) is 36.4 Å². The minimum atomic E-state index is 1.26. The smallest absolute Gasteiger partial charge is 0.0640 e. The molecule has 0 N–H and O–H groups in total. The summed E-state index contributed by atoms with van der Waals surface area (Å²) in [6, 6.07) is 37.8. The van der Waals surface area contributed by atoms with Gasteiger partial charge in [-0.25, -0.2) is 0 Å². The molecule has 0 saturated heterocycles. The van der Waals surface area contributed by atoms with Gasteiger partial charge in [0.25, 0.3) is 0 Å². The van der Waals surface area contributed by atoms with Crippen LogP contribution < -0.4 is 0 Å². The van der Waals surface area contributed by atoms with Crippen LogP contribution in [0.4, 0.5) is 0 Å². The molecule has 0 fully saturated rings. The van der Waals surface area contributed by atoms with Crippen molar-refractivity contribution in [1.82, 2.24) is 4.57 Å². The summed E-state index contributed by atoms with van der Waals surface area (Å²) in [5, 5.41) is 8.09. The van der Waals surface area contributed by atoms with Crippen molar-refractivity contribution in [2.24, 2.45) is 0 Å². The first-order valence-electron chi connectivity index (χ1n) is 11.1. The fourth-order valence-electron chi connectivity index (χ4n) is 5.44. The van der Waals surface area contributed by atoms with Crippen LogP contribution >= 0.6 is 22.7 Å². The lowest BCUT2D eigenvalue weighted by atomic mass is 10.1. The Morgan fingerprint density at radius 3 is 2.00 bits per heavy atom. The normalized spacial score (nSPS) is 12.2. The number of benzene rings is 5. The number of rotatable bonds is 1.